The molecule has 0 unspecified atom stereocenters. The maximum Gasteiger partial charge on any atom is 0.396 e. The number of amides is 1. The predicted octanol–water partition coefficient (Wildman–Crippen LogP) is 2.02. The molecule has 0 aliphatic heterocycles. The van der Waals surface area contributed by atoms with E-state index in [1.807, 2.05) is 12.1 Å². The molecule has 0 aliphatic carbocycles. The van der Waals surface area contributed by atoms with Crippen molar-refractivity contribution in [3.8, 4) is 0 Å². The summed E-state index contributed by atoms with van der Waals surface area (Å²) in [4.78, 5) is 24.0. The van der Waals surface area contributed by atoms with Gasteiger partial charge in [0.05, 0.1) is 7.11 Å². The van der Waals surface area contributed by atoms with E-state index in [-0.39, 0.29) is 0 Å². The number of hydrogen-bond donors (Lipinski definition) is 0. The molecule has 0 aromatic heterocycles. The van der Waals surface area contributed by atoms with E-state index in [4.69, 9.17) is 0 Å². The third kappa shape index (κ3) is 4.73. The van der Waals surface area contributed by atoms with E-state index in [0.717, 1.165) is 12.0 Å². The van der Waals surface area contributed by atoms with Gasteiger partial charge in [-0.25, -0.2) is 4.79 Å². The molecule has 0 atom stereocenters. The van der Waals surface area contributed by atoms with Crippen LogP contribution in [-0.2, 0) is 27.3 Å². The number of esters is 1. The number of carbonyl (C=O) groups excluding carboxylic acids is 2. The number of benzene rings is 1. The Morgan fingerprint density at radius 3 is 2.16 bits per heavy atom. The molecule has 0 saturated heterocycles. The quantitative estimate of drug-likeness (QED) is 0.616. The highest BCUT2D eigenvalue weighted by Gasteiger charge is 2.18. The van der Waals surface area contributed by atoms with Crippen molar-refractivity contribution >= 4 is 11.9 Å². The minimum Gasteiger partial charge on any atom is -0.462 e. The Labute approximate surface area is 114 Å². The lowest BCUT2D eigenvalue weighted by Crippen LogP contribution is -2.33. The third-order valence-electron chi connectivity index (χ3n) is 2.79. The van der Waals surface area contributed by atoms with Gasteiger partial charge in [0.1, 0.15) is 0 Å². The molecule has 19 heavy (non-hydrogen) atoms. The van der Waals surface area contributed by atoms with Gasteiger partial charge < -0.3 is 9.64 Å². The summed E-state index contributed by atoms with van der Waals surface area (Å²) in [6.45, 7) is 4.75. The van der Waals surface area contributed by atoms with E-state index in [9.17, 15) is 9.59 Å². The summed E-state index contributed by atoms with van der Waals surface area (Å²) in [5, 5.41) is 0. The molecule has 0 aliphatic rings. The van der Waals surface area contributed by atoms with Crippen LogP contribution in [0, 0.1) is 5.92 Å². The lowest BCUT2D eigenvalue weighted by Gasteiger charge is -2.16. The SMILES string of the molecule is COC(=O)C(=O)N(C)Cc1ccc(CC(C)C)cc1. The Balaban J connectivity index is 2.62. The maximum atomic E-state index is 11.5. The van der Waals surface area contributed by atoms with Crippen LogP contribution in [0.1, 0.15) is 25.0 Å². The second kappa shape index (κ2) is 6.92. The third-order valence-corrected chi connectivity index (χ3v) is 2.79. The lowest BCUT2D eigenvalue weighted by atomic mass is 10.0. The molecule has 1 rings (SSSR count). The van der Waals surface area contributed by atoms with E-state index in [1.165, 1.54) is 17.6 Å². The van der Waals surface area contributed by atoms with Gasteiger partial charge in [0.25, 0.3) is 0 Å². The molecule has 1 aromatic carbocycles. The summed E-state index contributed by atoms with van der Waals surface area (Å²) in [7, 11) is 2.79. The fourth-order valence-corrected chi connectivity index (χ4v) is 1.84. The monoisotopic (exact) mass is 263 g/mol. The first-order valence-electron chi connectivity index (χ1n) is 6.35. The van der Waals surface area contributed by atoms with Crippen LogP contribution in [0.5, 0.6) is 0 Å². The summed E-state index contributed by atoms with van der Waals surface area (Å²) in [5.74, 6) is -0.845. The number of methoxy groups -OCH3 is 1. The smallest absolute Gasteiger partial charge is 0.396 e. The zero-order chi connectivity index (χ0) is 14.4. The number of likely N-dealkylation sites (N-methyl/N-ethyl adjacent to an activating group) is 1. The predicted molar refractivity (Wildman–Crippen MR) is 73.5 cm³/mol. The first-order valence-corrected chi connectivity index (χ1v) is 6.35. The molecule has 0 spiro atoms. The van der Waals surface area contributed by atoms with Crippen molar-refractivity contribution in [2.75, 3.05) is 14.2 Å². The molecule has 1 aromatic rings. The Bertz CT molecular complexity index is 437. The highest BCUT2D eigenvalue weighted by Crippen LogP contribution is 2.11. The van der Waals surface area contributed by atoms with Crippen molar-refractivity contribution < 1.29 is 14.3 Å². The van der Waals surface area contributed by atoms with Crippen molar-refractivity contribution in [2.24, 2.45) is 5.92 Å². The number of ether oxygens (including phenoxy) is 1. The van der Waals surface area contributed by atoms with Crippen LogP contribution >= 0.6 is 0 Å². The van der Waals surface area contributed by atoms with Gasteiger partial charge in [-0.2, -0.15) is 0 Å². The van der Waals surface area contributed by atoms with Gasteiger partial charge >= 0.3 is 11.9 Å². The van der Waals surface area contributed by atoms with E-state index in [1.54, 1.807) is 7.05 Å². The number of carbonyl (C=O) groups is 2. The molecule has 0 bridgehead atoms. The van der Waals surface area contributed by atoms with Gasteiger partial charge in [0.15, 0.2) is 0 Å². The Hall–Kier alpha value is -1.84. The van der Waals surface area contributed by atoms with Gasteiger partial charge in [-0.1, -0.05) is 38.1 Å². The summed E-state index contributed by atoms with van der Waals surface area (Å²) in [5.41, 5.74) is 2.27. The van der Waals surface area contributed by atoms with Crippen molar-refractivity contribution in [1.82, 2.24) is 4.90 Å². The van der Waals surface area contributed by atoms with Crippen molar-refractivity contribution in [2.45, 2.75) is 26.8 Å². The molecule has 0 saturated carbocycles. The molecule has 4 heteroatoms. The van der Waals surface area contributed by atoms with Crippen molar-refractivity contribution in [1.29, 1.82) is 0 Å². The minimum atomic E-state index is -0.834. The normalized spacial score (nSPS) is 10.4. The highest BCUT2D eigenvalue weighted by atomic mass is 16.5. The average molecular weight is 263 g/mol. The average Bonchev–Trinajstić information content (AvgIpc) is 2.38. The van der Waals surface area contributed by atoms with Crippen molar-refractivity contribution in [3.05, 3.63) is 35.4 Å². The molecular weight excluding hydrogens is 242 g/mol. The molecule has 1 amide bonds. The molecule has 104 valence electrons. The maximum absolute atomic E-state index is 11.5. The van der Waals surface area contributed by atoms with E-state index in [0.29, 0.717) is 12.5 Å². The number of hydrogen-bond acceptors (Lipinski definition) is 3. The molecule has 0 heterocycles. The molecule has 4 nitrogen and oxygen atoms in total. The van der Waals surface area contributed by atoms with Crippen LogP contribution in [0.15, 0.2) is 24.3 Å². The molecule has 0 radical (unpaired) electrons. The fourth-order valence-electron chi connectivity index (χ4n) is 1.84. The van der Waals surface area contributed by atoms with E-state index in [2.05, 4.69) is 30.7 Å². The highest BCUT2D eigenvalue weighted by molar-refractivity contribution is 6.32. The second-order valence-corrected chi connectivity index (χ2v) is 5.07. The van der Waals surface area contributed by atoms with Crippen LogP contribution in [0.4, 0.5) is 0 Å². The van der Waals surface area contributed by atoms with Gasteiger partial charge in [-0.3, -0.25) is 4.79 Å². The molecule has 0 N–H and O–H groups in total. The Morgan fingerprint density at radius 2 is 1.68 bits per heavy atom. The van der Waals surface area contributed by atoms with Crippen LogP contribution in [0.2, 0.25) is 0 Å². The Kier molecular flexibility index (Phi) is 5.55. The zero-order valence-corrected chi connectivity index (χ0v) is 12.0. The summed E-state index contributed by atoms with van der Waals surface area (Å²) < 4.78 is 4.40. The lowest BCUT2D eigenvalue weighted by molar-refractivity contribution is -0.157. The van der Waals surface area contributed by atoms with Crippen LogP contribution in [0.3, 0.4) is 0 Å². The van der Waals surface area contributed by atoms with Gasteiger partial charge in [-0.15, -0.1) is 0 Å². The van der Waals surface area contributed by atoms with Crippen LogP contribution in [-0.4, -0.2) is 30.9 Å². The topological polar surface area (TPSA) is 46.6 Å². The van der Waals surface area contributed by atoms with Gasteiger partial charge in [-0.05, 0) is 23.5 Å². The fraction of sp³-hybridized carbons (Fsp3) is 0.467. The molecular formula is C15H21NO3. The minimum absolute atomic E-state index is 0.399. The largest absolute Gasteiger partial charge is 0.462 e. The number of rotatable bonds is 4. The summed E-state index contributed by atoms with van der Waals surface area (Å²) in [6, 6.07) is 8.09. The number of nitrogens with zero attached hydrogens (tertiary/aromatic N) is 1. The molecule has 0 fully saturated rings. The first kappa shape index (κ1) is 15.2. The van der Waals surface area contributed by atoms with Gasteiger partial charge in [0.2, 0.25) is 0 Å². The Morgan fingerprint density at radius 1 is 1.16 bits per heavy atom. The van der Waals surface area contributed by atoms with Crippen molar-refractivity contribution in [3.63, 3.8) is 0 Å². The standard InChI is InChI=1S/C15H21NO3/c1-11(2)9-12-5-7-13(8-6-12)10-16(3)14(17)15(18)19-4/h5-8,11H,9-10H2,1-4H3. The zero-order valence-electron chi connectivity index (χ0n) is 12.0. The summed E-state index contributed by atoms with van der Waals surface area (Å²) >= 11 is 0. The summed E-state index contributed by atoms with van der Waals surface area (Å²) in [6.07, 6.45) is 1.04. The van der Waals surface area contributed by atoms with Crippen LogP contribution in [0.25, 0.3) is 0 Å². The first-order chi connectivity index (χ1) is 8.93. The van der Waals surface area contributed by atoms with E-state index >= 15 is 0 Å². The van der Waals surface area contributed by atoms with Gasteiger partial charge in [0, 0.05) is 13.6 Å². The van der Waals surface area contributed by atoms with E-state index < -0.39 is 11.9 Å². The van der Waals surface area contributed by atoms with Crippen LogP contribution < -0.4 is 0 Å². The second-order valence-electron chi connectivity index (χ2n) is 5.07.